The van der Waals surface area contributed by atoms with Gasteiger partial charge in [-0.05, 0) is 33.8 Å². The second-order valence-electron chi connectivity index (χ2n) is 4.59. The molecule has 0 atom stereocenters. The third-order valence-electron chi connectivity index (χ3n) is 3.32. The minimum atomic E-state index is 0.898. The van der Waals surface area contributed by atoms with Gasteiger partial charge < -0.3 is 0 Å². The van der Waals surface area contributed by atoms with Crippen LogP contribution >= 0.6 is 27.7 Å². The molecule has 0 aliphatic rings. The first-order chi connectivity index (χ1) is 9.79. The minimum absolute atomic E-state index is 0.898. The molecule has 0 spiro atoms. The number of aromatic nitrogens is 1. The van der Waals surface area contributed by atoms with Crippen LogP contribution in [0.5, 0.6) is 0 Å². The average molecular weight is 344 g/mol. The van der Waals surface area contributed by atoms with Crippen molar-refractivity contribution in [3.8, 4) is 0 Å². The number of fused-ring (bicyclic) bond motifs is 1. The highest BCUT2D eigenvalue weighted by atomic mass is 79.9. The van der Waals surface area contributed by atoms with Gasteiger partial charge in [-0.2, -0.15) is 0 Å². The van der Waals surface area contributed by atoms with Crippen molar-refractivity contribution >= 4 is 38.6 Å². The average Bonchev–Trinajstić information content (AvgIpc) is 2.49. The van der Waals surface area contributed by atoms with E-state index < -0.39 is 0 Å². The number of benzene rings is 2. The standard InChI is InChI=1S/C17H14BrNS/c1-20-16-13-9-5-6-10-15(13)19-17(18)14(16)11-12-7-3-2-4-8-12/h2-10H,11H2,1H3. The zero-order valence-corrected chi connectivity index (χ0v) is 13.5. The molecule has 3 aromatic rings. The molecule has 0 radical (unpaired) electrons. The molecule has 3 rings (SSSR count). The number of para-hydroxylation sites is 1. The zero-order chi connectivity index (χ0) is 13.9. The fourth-order valence-electron chi connectivity index (χ4n) is 2.38. The summed E-state index contributed by atoms with van der Waals surface area (Å²) in [6, 6.07) is 18.8. The third kappa shape index (κ3) is 2.60. The lowest BCUT2D eigenvalue weighted by Crippen LogP contribution is -1.96. The van der Waals surface area contributed by atoms with Gasteiger partial charge in [0.2, 0.25) is 0 Å². The Labute approximate surface area is 131 Å². The highest BCUT2D eigenvalue weighted by Gasteiger charge is 2.13. The highest BCUT2D eigenvalue weighted by molar-refractivity contribution is 9.10. The molecule has 2 aromatic carbocycles. The summed E-state index contributed by atoms with van der Waals surface area (Å²) < 4.78 is 0.949. The molecule has 0 fully saturated rings. The summed E-state index contributed by atoms with van der Waals surface area (Å²) in [7, 11) is 0. The molecule has 1 heterocycles. The fourth-order valence-corrected chi connectivity index (χ4v) is 3.85. The number of thioether (sulfide) groups is 1. The SMILES string of the molecule is CSc1c(Cc2ccccc2)c(Br)nc2ccccc12. The third-order valence-corrected chi connectivity index (χ3v) is 4.85. The van der Waals surface area contributed by atoms with E-state index in [4.69, 9.17) is 0 Å². The van der Waals surface area contributed by atoms with Crippen LogP contribution in [0.4, 0.5) is 0 Å². The van der Waals surface area contributed by atoms with Crippen molar-refractivity contribution in [3.63, 3.8) is 0 Å². The van der Waals surface area contributed by atoms with Crippen molar-refractivity contribution in [2.75, 3.05) is 6.26 Å². The maximum atomic E-state index is 4.68. The first-order valence-corrected chi connectivity index (χ1v) is 8.46. The lowest BCUT2D eigenvalue weighted by molar-refractivity contribution is 1.09. The maximum Gasteiger partial charge on any atom is 0.111 e. The Kier molecular flexibility index (Phi) is 4.08. The molecule has 0 saturated heterocycles. The monoisotopic (exact) mass is 343 g/mol. The summed E-state index contributed by atoms with van der Waals surface area (Å²) in [6.07, 6.45) is 3.03. The molecule has 0 saturated carbocycles. The summed E-state index contributed by atoms with van der Waals surface area (Å²) in [5, 5.41) is 1.23. The first-order valence-electron chi connectivity index (χ1n) is 6.44. The molecule has 0 aliphatic heterocycles. The molecule has 1 aromatic heterocycles. The fraction of sp³-hybridized carbons (Fsp3) is 0.118. The van der Waals surface area contributed by atoms with Gasteiger partial charge in [-0.25, -0.2) is 4.98 Å². The van der Waals surface area contributed by atoms with E-state index in [2.05, 4.69) is 69.6 Å². The second kappa shape index (κ2) is 5.98. The Hall–Kier alpha value is -1.32. The van der Waals surface area contributed by atoms with Gasteiger partial charge in [0.05, 0.1) is 5.52 Å². The van der Waals surface area contributed by atoms with Gasteiger partial charge in [0.1, 0.15) is 4.60 Å². The quantitative estimate of drug-likeness (QED) is 0.472. The molecule has 0 amide bonds. The van der Waals surface area contributed by atoms with Crippen LogP contribution in [0.25, 0.3) is 10.9 Å². The van der Waals surface area contributed by atoms with Gasteiger partial charge in [-0.1, -0.05) is 48.5 Å². The van der Waals surface area contributed by atoms with Gasteiger partial charge in [-0.3, -0.25) is 0 Å². The minimum Gasteiger partial charge on any atom is -0.241 e. The molecule has 0 aliphatic carbocycles. The van der Waals surface area contributed by atoms with E-state index in [1.54, 1.807) is 11.8 Å². The summed E-state index contributed by atoms with van der Waals surface area (Å²) >= 11 is 5.43. The van der Waals surface area contributed by atoms with E-state index in [0.717, 1.165) is 16.5 Å². The highest BCUT2D eigenvalue weighted by Crippen LogP contribution is 2.34. The Morgan fingerprint density at radius 3 is 2.45 bits per heavy atom. The van der Waals surface area contributed by atoms with E-state index in [9.17, 15) is 0 Å². The number of hydrogen-bond acceptors (Lipinski definition) is 2. The maximum absolute atomic E-state index is 4.68. The normalized spacial score (nSPS) is 10.9. The topological polar surface area (TPSA) is 12.9 Å². The van der Waals surface area contributed by atoms with Crippen LogP contribution in [0.2, 0.25) is 0 Å². The largest absolute Gasteiger partial charge is 0.241 e. The van der Waals surface area contributed by atoms with E-state index >= 15 is 0 Å². The van der Waals surface area contributed by atoms with Crippen LogP contribution in [-0.4, -0.2) is 11.2 Å². The smallest absolute Gasteiger partial charge is 0.111 e. The van der Waals surface area contributed by atoms with Crippen molar-refractivity contribution < 1.29 is 0 Å². The van der Waals surface area contributed by atoms with Crippen molar-refractivity contribution in [3.05, 3.63) is 70.3 Å². The van der Waals surface area contributed by atoms with Gasteiger partial charge in [0.25, 0.3) is 0 Å². The van der Waals surface area contributed by atoms with Crippen molar-refractivity contribution in [2.45, 2.75) is 11.3 Å². The number of halogens is 1. The number of nitrogens with zero attached hydrogens (tertiary/aromatic N) is 1. The molecule has 3 heteroatoms. The second-order valence-corrected chi connectivity index (χ2v) is 6.16. The van der Waals surface area contributed by atoms with Crippen LogP contribution in [-0.2, 0) is 6.42 Å². The van der Waals surface area contributed by atoms with E-state index in [1.165, 1.54) is 21.4 Å². The van der Waals surface area contributed by atoms with Gasteiger partial charge in [0, 0.05) is 22.3 Å². The molecular weight excluding hydrogens is 330 g/mol. The zero-order valence-electron chi connectivity index (χ0n) is 11.1. The Balaban J connectivity index is 2.17. The van der Waals surface area contributed by atoms with Crippen LogP contribution in [0.3, 0.4) is 0 Å². The van der Waals surface area contributed by atoms with E-state index in [1.807, 2.05) is 12.1 Å². The van der Waals surface area contributed by atoms with Crippen LogP contribution in [0.15, 0.2) is 64.1 Å². The number of pyridine rings is 1. The van der Waals surface area contributed by atoms with Crippen LogP contribution in [0, 0.1) is 0 Å². The molecule has 0 N–H and O–H groups in total. The molecule has 20 heavy (non-hydrogen) atoms. The molecule has 1 nitrogen and oxygen atoms in total. The van der Waals surface area contributed by atoms with Gasteiger partial charge in [-0.15, -0.1) is 11.8 Å². The van der Waals surface area contributed by atoms with Gasteiger partial charge >= 0.3 is 0 Å². The van der Waals surface area contributed by atoms with Crippen molar-refractivity contribution in [1.82, 2.24) is 4.98 Å². The van der Waals surface area contributed by atoms with Gasteiger partial charge in [0.15, 0.2) is 0 Å². The molecule has 100 valence electrons. The summed E-state index contributed by atoms with van der Waals surface area (Å²) in [5.74, 6) is 0. The summed E-state index contributed by atoms with van der Waals surface area (Å²) in [5.41, 5.74) is 3.61. The Morgan fingerprint density at radius 2 is 1.70 bits per heavy atom. The molecule has 0 bridgehead atoms. The summed E-state index contributed by atoms with van der Waals surface area (Å²) in [4.78, 5) is 6.00. The lowest BCUT2D eigenvalue weighted by Gasteiger charge is -2.13. The van der Waals surface area contributed by atoms with E-state index in [0.29, 0.717) is 0 Å². The molecule has 0 unspecified atom stereocenters. The Morgan fingerprint density at radius 1 is 1.00 bits per heavy atom. The Bertz CT molecular complexity index is 741. The van der Waals surface area contributed by atoms with Crippen molar-refractivity contribution in [2.24, 2.45) is 0 Å². The number of rotatable bonds is 3. The van der Waals surface area contributed by atoms with Crippen molar-refractivity contribution in [1.29, 1.82) is 0 Å². The lowest BCUT2D eigenvalue weighted by atomic mass is 10.0. The van der Waals surface area contributed by atoms with Crippen LogP contribution < -0.4 is 0 Å². The first kappa shape index (κ1) is 13.7. The predicted octanol–water partition coefficient (Wildman–Crippen LogP) is 5.31. The predicted molar refractivity (Wildman–Crippen MR) is 90.5 cm³/mol. The summed E-state index contributed by atoms with van der Waals surface area (Å²) in [6.45, 7) is 0. The van der Waals surface area contributed by atoms with Crippen LogP contribution in [0.1, 0.15) is 11.1 Å². The molecular formula is C17H14BrNS. The number of hydrogen-bond donors (Lipinski definition) is 0. The van der Waals surface area contributed by atoms with E-state index in [-0.39, 0.29) is 0 Å².